The fourth-order valence-corrected chi connectivity index (χ4v) is 3.54. The first kappa shape index (κ1) is 16.5. The fraction of sp³-hybridized carbons (Fsp3) is 0.471. The molecule has 0 aromatic heterocycles. The number of halogens is 2. The lowest BCUT2D eigenvalue weighted by Gasteiger charge is -2.36. The van der Waals surface area contributed by atoms with Crippen LogP contribution in [0.4, 0.5) is 13.6 Å². The predicted octanol–water partition coefficient (Wildman–Crippen LogP) is 2.65. The van der Waals surface area contributed by atoms with E-state index < -0.39 is 41.4 Å². The molecule has 1 saturated heterocycles. The van der Waals surface area contributed by atoms with Crippen LogP contribution in [-0.2, 0) is 4.79 Å². The van der Waals surface area contributed by atoms with Crippen LogP contribution in [0.3, 0.4) is 0 Å². The largest absolute Gasteiger partial charge is 0.325 e. The molecule has 5 nitrogen and oxygen atoms in total. The molecule has 1 aliphatic heterocycles. The number of urea groups is 1. The van der Waals surface area contributed by atoms with Crippen molar-refractivity contribution in [3.05, 3.63) is 35.4 Å². The van der Waals surface area contributed by atoms with Crippen LogP contribution in [0.1, 0.15) is 43.0 Å². The maximum absolute atomic E-state index is 13.3. The Morgan fingerprint density at radius 2 is 2.04 bits per heavy atom. The number of ketones is 1. The second-order valence-corrected chi connectivity index (χ2v) is 6.49. The van der Waals surface area contributed by atoms with E-state index in [-0.39, 0.29) is 11.5 Å². The number of Topliss-reactive ketones (excluding diaryl/α,β-unsaturated/α-hetero) is 1. The van der Waals surface area contributed by atoms with Gasteiger partial charge in [-0.15, -0.1) is 0 Å². The fourth-order valence-electron chi connectivity index (χ4n) is 3.54. The maximum Gasteiger partial charge on any atom is 0.325 e. The van der Waals surface area contributed by atoms with E-state index in [2.05, 4.69) is 5.32 Å². The van der Waals surface area contributed by atoms with E-state index in [0.717, 1.165) is 42.4 Å². The first-order valence-corrected chi connectivity index (χ1v) is 7.97. The van der Waals surface area contributed by atoms with E-state index in [1.807, 2.05) is 6.92 Å². The summed E-state index contributed by atoms with van der Waals surface area (Å²) in [6.07, 6.45) is 3.22. The monoisotopic (exact) mass is 336 g/mol. The smallest absolute Gasteiger partial charge is 0.323 e. The molecule has 3 rings (SSSR count). The van der Waals surface area contributed by atoms with Gasteiger partial charge in [-0.25, -0.2) is 13.6 Å². The highest BCUT2D eigenvalue weighted by molar-refractivity contribution is 6.11. The van der Waals surface area contributed by atoms with E-state index in [4.69, 9.17) is 0 Å². The highest BCUT2D eigenvalue weighted by Gasteiger charge is 2.55. The Morgan fingerprint density at radius 1 is 1.29 bits per heavy atom. The Bertz CT molecular complexity index is 722. The molecule has 3 amide bonds. The van der Waals surface area contributed by atoms with Crippen LogP contribution in [0.15, 0.2) is 18.2 Å². The average Bonchev–Trinajstić information content (AvgIpc) is 2.78. The zero-order valence-corrected chi connectivity index (χ0v) is 13.3. The van der Waals surface area contributed by atoms with Crippen molar-refractivity contribution in [2.75, 3.05) is 6.54 Å². The molecule has 1 saturated carbocycles. The number of hydrogen-bond donors (Lipinski definition) is 1. The molecular weight excluding hydrogens is 318 g/mol. The number of benzene rings is 1. The number of rotatable bonds is 3. The minimum Gasteiger partial charge on any atom is -0.323 e. The van der Waals surface area contributed by atoms with E-state index in [1.165, 1.54) is 0 Å². The molecule has 24 heavy (non-hydrogen) atoms. The number of hydrogen-bond acceptors (Lipinski definition) is 3. The van der Waals surface area contributed by atoms with Gasteiger partial charge in [-0.2, -0.15) is 0 Å². The zero-order chi connectivity index (χ0) is 17.5. The highest BCUT2D eigenvalue weighted by Crippen LogP contribution is 2.38. The molecule has 7 heteroatoms. The topological polar surface area (TPSA) is 66.5 Å². The number of carbonyl (C=O) groups excluding carboxylic acids is 3. The van der Waals surface area contributed by atoms with E-state index in [1.54, 1.807) is 0 Å². The molecule has 1 heterocycles. The van der Waals surface area contributed by atoms with Crippen molar-refractivity contribution in [3.8, 4) is 0 Å². The van der Waals surface area contributed by atoms with Crippen LogP contribution < -0.4 is 5.32 Å². The lowest BCUT2D eigenvalue weighted by molar-refractivity contribution is -0.133. The molecule has 2 atom stereocenters. The number of nitrogens with zero attached hydrogens (tertiary/aromatic N) is 1. The summed E-state index contributed by atoms with van der Waals surface area (Å²) in [6, 6.07) is 2.15. The van der Waals surface area contributed by atoms with Gasteiger partial charge in [0.05, 0.1) is 6.54 Å². The minimum absolute atomic E-state index is 0.00827. The Hall–Kier alpha value is -2.31. The van der Waals surface area contributed by atoms with Crippen LogP contribution in [0.25, 0.3) is 0 Å². The molecule has 1 aliphatic carbocycles. The third-order valence-electron chi connectivity index (χ3n) is 5.04. The number of amides is 3. The predicted molar refractivity (Wildman–Crippen MR) is 81.3 cm³/mol. The van der Waals surface area contributed by atoms with Crippen molar-refractivity contribution in [1.29, 1.82) is 0 Å². The molecule has 1 spiro atoms. The molecule has 1 N–H and O–H groups in total. The third kappa shape index (κ3) is 2.57. The quantitative estimate of drug-likeness (QED) is 0.682. The molecule has 2 fully saturated rings. The molecule has 1 aromatic rings. The van der Waals surface area contributed by atoms with Gasteiger partial charge in [-0.3, -0.25) is 14.5 Å². The first-order valence-electron chi connectivity index (χ1n) is 7.97. The third-order valence-corrected chi connectivity index (χ3v) is 5.04. The summed E-state index contributed by atoms with van der Waals surface area (Å²) in [4.78, 5) is 38.1. The highest BCUT2D eigenvalue weighted by atomic mass is 19.2. The van der Waals surface area contributed by atoms with Gasteiger partial charge in [0.25, 0.3) is 5.91 Å². The van der Waals surface area contributed by atoms with Crippen LogP contribution in [0.2, 0.25) is 0 Å². The van der Waals surface area contributed by atoms with Gasteiger partial charge in [-0.1, -0.05) is 19.8 Å². The van der Waals surface area contributed by atoms with Crippen molar-refractivity contribution in [2.45, 2.75) is 38.1 Å². The van der Waals surface area contributed by atoms with Gasteiger partial charge in [0.1, 0.15) is 5.54 Å². The number of imide groups is 1. The number of nitrogens with one attached hydrogen (secondary N) is 1. The van der Waals surface area contributed by atoms with Crippen LogP contribution in [0.5, 0.6) is 0 Å². The van der Waals surface area contributed by atoms with Crippen LogP contribution in [0, 0.1) is 17.6 Å². The van der Waals surface area contributed by atoms with Gasteiger partial charge < -0.3 is 5.32 Å². The van der Waals surface area contributed by atoms with Gasteiger partial charge in [0.15, 0.2) is 17.4 Å². The second kappa shape index (κ2) is 5.96. The minimum atomic E-state index is -1.14. The van der Waals surface area contributed by atoms with Crippen LogP contribution >= 0.6 is 0 Å². The molecule has 0 radical (unpaired) electrons. The van der Waals surface area contributed by atoms with E-state index in [9.17, 15) is 23.2 Å². The second-order valence-electron chi connectivity index (χ2n) is 6.49. The standard InChI is InChI=1S/C17H18F2N2O3/c1-10-4-2-3-7-17(10)15(23)21(16(24)20-17)9-14(22)11-5-6-12(18)13(19)8-11/h5-6,8,10H,2-4,7,9H2,1H3,(H,20,24)/t10-,17-/m1/s1. The van der Waals surface area contributed by atoms with Gasteiger partial charge >= 0.3 is 6.03 Å². The Morgan fingerprint density at radius 3 is 2.71 bits per heavy atom. The normalized spacial score (nSPS) is 26.8. The SMILES string of the molecule is C[C@@H]1CCCC[C@@]12NC(=O)N(CC(=O)c1ccc(F)c(F)c1)C2=O. The lowest BCUT2D eigenvalue weighted by Crippen LogP contribution is -2.54. The van der Waals surface area contributed by atoms with Crippen molar-refractivity contribution in [3.63, 3.8) is 0 Å². The first-order chi connectivity index (χ1) is 11.3. The van der Waals surface area contributed by atoms with E-state index in [0.29, 0.717) is 6.42 Å². The molecule has 0 bridgehead atoms. The summed E-state index contributed by atoms with van der Waals surface area (Å²) < 4.78 is 26.2. The Labute approximate surface area is 138 Å². The maximum atomic E-state index is 13.3. The van der Waals surface area contributed by atoms with Crippen LogP contribution in [-0.4, -0.2) is 34.7 Å². The van der Waals surface area contributed by atoms with Crippen molar-refractivity contribution >= 4 is 17.7 Å². The van der Waals surface area contributed by atoms with Gasteiger partial charge in [0.2, 0.25) is 0 Å². The van der Waals surface area contributed by atoms with E-state index >= 15 is 0 Å². The number of carbonyl (C=O) groups is 3. The molecule has 128 valence electrons. The lowest BCUT2D eigenvalue weighted by atomic mass is 9.73. The Kier molecular flexibility index (Phi) is 4.11. The van der Waals surface area contributed by atoms with Crippen molar-refractivity contribution < 1.29 is 23.2 Å². The summed E-state index contributed by atoms with van der Waals surface area (Å²) in [5, 5.41) is 2.75. The molecular formula is C17H18F2N2O3. The van der Waals surface area contributed by atoms with Gasteiger partial charge in [0, 0.05) is 5.56 Å². The van der Waals surface area contributed by atoms with Crippen molar-refractivity contribution in [2.24, 2.45) is 5.92 Å². The Balaban J connectivity index is 1.80. The zero-order valence-electron chi connectivity index (χ0n) is 13.3. The molecule has 2 aliphatic rings. The summed E-state index contributed by atoms with van der Waals surface area (Å²) in [5.41, 5.74) is -1.02. The summed E-state index contributed by atoms with van der Waals surface area (Å²) in [6.45, 7) is 1.43. The molecule has 0 unspecified atom stereocenters. The summed E-state index contributed by atoms with van der Waals surface area (Å²) >= 11 is 0. The van der Waals surface area contributed by atoms with Gasteiger partial charge in [-0.05, 0) is 37.0 Å². The average molecular weight is 336 g/mol. The molecule has 1 aromatic carbocycles. The van der Waals surface area contributed by atoms with Crippen molar-refractivity contribution in [1.82, 2.24) is 10.2 Å². The summed E-state index contributed by atoms with van der Waals surface area (Å²) in [5.74, 6) is -3.23. The summed E-state index contributed by atoms with van der Waals surface area (Å²) in [7, 11) is 0.